The first-order valence-corrected chi connectivity index (χ1v) is 3.46. The summed E-state index contributed by atoms with van der Waals surface area (Å²) >= 11 is 0. The number of H-pyrrole nitrogens is 1. The van der Waals surface area contributed by atoms with E-state index in [1.54, 1.807) is 24.8 Å². The molecule has 0 aliphatic carbocycles. The quantitative estimate of drug-likeness (QED) is 0.688. The van der Waals surface area contributed by atoms with E-state index in [1.807, 2.05) is 0 Å². The van der Waals surface area contributed by atoms with Gasteiger partial charge in [0, 0.05) is 6.20 Å². The second kappa shape index (κ2) is 3.00. The summed E-state index contributed by atoms with van der Waals surface area (Å²) in [6.07, 6.45) is 8.32. The smallest absolute Gasteiger partial charge is 0.115 e. The Balaban J connectivity index is 2.15. The van der Waals surface area contributed by atoms with Gasteiger partial charge in [-0.15, -0.1) is 0 Å². The molecule has 60 valence electrons. The average molecular weight is 161 g/mol. The number of rotatable bonds is 2. The fraction of sp³-hybridized carbons (Fsp3) is 0. The maximum Gasteiger partial charge on any atom is 0.115 e. The van der Waals surface area contributed by atoms with Gasteiger partial charge < -0.3 is 5.32 Å². The van der Waals surface area contributed by atoms with Crippen molar-refractivity contribution in [1.29, 1.82) is 0 Å². The molecular formula is C7H7N5. The molecule has 0 amide bonds. The van der Waals surface area contributed by atoms with Crippen LogP contribution in [0.15, 0.2) is 31.1 Å². The lowest BCUT2D eigenvalue weighted by Gasteiger charge is -1.99. The zero-order chi connectivity index (χ0) is 8.23. The second-order valence-corrected chi connectivity index (χ2v) is 2.24. The van der Waals surface area contributed by atoms with Gasteiger partial charge in [0.25, 0.3) is 0 Å². The fourth-order valence-electron chi connectivity index (χ4n) is 0.850. The first-order valence-electron chi connectivity index (χ1n) is 3.46. The van der Waals surface area contributed by atoms with E-state index in [9.17, 15) is 0 Å². The fourth-order valence-corrected chi connectivity index (χ4v) is 0.850. The molecule has 0 saturated carbocycles. The monoisotopic (exact) mass is 161 g/mol. The molecule has 0 spiro atoms. The Morgan fingerprint density at radius 1 is 1.08 bits per heavy atom. The maximum atomic E-state index is 3.86. The summed E-state index contributed by atoms with van der Waals surface area (Å²) in [7, 11) is 0. The van der Waals surface area contributed by atoms with Crippen molar-refractivity contribution in [3.8, 4) is 0 Å². The molecule has 0 aliphatic heterocycles. The Kier molecular flexibility index (Phi) is 1.69. The second-order valence-electron chi connectivity index (χ2n) is 2.24. The maximum absolute atomic E-state index is 3.86. The Bertz CT molecular complexity index is 328. The lowest BCUT2D eigenvalue weighted by molar-refractivity contribution is 1.09. The van der Waals surface area contributed by atoms with Crippen molar-refractivity contribution < 1.29 is 0 Å². The van der Waals surface area contributed by atoms with Gasteiger partial charge in [0.15, 0.2) is 0 Å². The number of hydrogen-bond acceptors (Lipinski definition) is 4. The van der Waals surface area contributed by atoms with Crippen LogP contribution < -0.4 is 5.32 Å². The van der Waals surface area contributed by atoms with Gasteiger partial charge in [-0.25, -0.2) is 9.97 Å². The molecule has 2 aromatic heterocycles. The molecular weight excluding hydrogens is 154 g/mol. The van der Waals surface area contributed by atoms with Crippen molar-refractivity contribution in [3.05, 3.63) is 31.1 Å². The van der Waals surface area contributed by atoms with Crippen LogP contribution >= 0.6 is 0 Å². The van der Waals surface area contributed by atoms with Crippen molar-refractivity contribution in [2.45, 2.75) is 0 Å². The molecule has 12 heavy (non-hydrogen) atoms. The molecule has 0 atom stereocenters. The van der Waals surface area contributed by atoms with Gasteiger partial charge in [0.05, 0.1) is 30.0 Å². The highest BCUT2D eigenvalue weighted by molar-refractivity contribution is 5.55. The van der Waals surface area contributed by atoms with Gasteiger partial charge in [-0.2, -0.15) is 5.10 Å². The highest BCUT2D eigenvalue weighted by Gasteiger charge is 1.93. The molecule has 0 fully saturated rings. The van der Waals surface area contributed by atoms with E-state index < -0.39 is 0 Å². The van der Waals surface area contributed by atoms with E-state index in [4.69, 9.17) is 0 Å². The minimum absolute atomic E-state index is 0.846. The Labute approximate surface area is 68.9 Å². The predicted octanol–water partition coefficient (Wildman–Crippen LogP) is 0.943. The van der Waals surface area contributed by atoms with E-state index >= 15 is 0 Å². The number of nitrogens with one attached hydrogen (secondary N) is 2. The van der Waals surface area contributed by atoms with Crippen molar-refractivity contribution in [2.24, 2.45) is 0 Å². The van der Waals surface area contributed by atoms with E-state index in [1.165, 1.54) is 6.33 Å². The number of aromatic nitrogens is 4. The molecule has 2 heterocycles. The van der Waals surface area contributed by atoms with Crippen molar-refractivity contribution in [2.75, 3.05) is 5.32 Å². The van der Waals surface area contributed by atoms with Crippen LogP contribution in [0.3, 0.4) is 0 Å². The lowest BCUT2D eigenvalue weighted by Crippen LogP contribution is -1.89. The van der Waals surface area contributed by atoms with Gasteiger partial charge in [0.1, 0.15) is 6.33 Å². The molecule has 5 nitrogen and oxygen atoms in total. The number of aromatic amines is 1. The van der Waals surface area contributed by atoms with Gasteiger partial charge in [-0.3, -0.25) is 5.10 Å². The zero-order valence-corrected chi connectivity index (χ0v) is 6.23. The molecule has 0 aliphatic rings. The third kappa shape index (κ3) is 1.39. The van der Waals surface area contributed by atoms with Crippen molar-refractivity contribution in [3.63, 3.8) is 0 Å². The van der Waals surface area contributed by atoms with Gasteiger partial charge >= 0.3 is 0 Å². The topological polar surface area (TPSA) is 66.5 Å². The SMILES string of the molecule is c1ncc(Nc2cn[nH]c2)cn1. The molecule has 0 bridgehead atoms. The first kappa shape index (κ1) is 6.78. The van der Waals surface area contributed by atoms with Gasteiger partial charge in [0.2, 0.25) is 0 Å². The standard InChI is InChI=1S/C7H7N5/c1-6(2-9-5-8-1)12-7-3-10-11-4-7/h1-5,12H,(H,10,11). The molecule has 2 N–H and O–H groups in total. The van der Waals surface area contributed by atoms with Crippen LogP contribution in [0.1, 0.15) is 0 Å². The molecule has 2 rings (SSSR count). The third-order valence-electron chi connectivity index (χ3n) is 1.35. The minimum atomic E-state index is 0.846. The van der Waals surface area contributed by atoms with Crippen molar-refractivity contribution >= 4 is 11.4 Å². The van der Waals surface area contributed by atoms with E-state index in [-0.39, 0.29) is 0 Å². The normalized spacial score (nSPS) is 9.67. The number of nitrogens with zero attached hydrogens (tertiary/aromatic N) is 3. The van der Waals surface area contributed by atoms with Gasteiger partial charge in [-0.05, 0) is 0 Å². The van der Waals surface area contributed by atoms with Crippen LogP contribution in [0.5, 0.6) is 0 Å². The van der Waals surface area contributed by atoms with Crippen LogP contribution in [0.4, 0.5) is 11.4 Å². The highest BCUT2D eigenvalue weighted by atomic mass is 15.1. The van der Waals surface area contributed by atoms with Crippen molar-refractivity contribution in [1.82, 2.24) is 20.2 Å². The molecule has 2 aromatic rings. The first-order chi connectivity index (χ1) is 5.95. The van der Waals surface area contributed by atoms with Crippen LogP contribution in [0.2, 0.25) is 0 Å². The highest BCUT2D eigenvalue weighted by Crippen LogP contribution is 2.10. The minimum Gasteiger partial charge on any atom is -0.350 e. The zero-order valence-electron chi connectivity index (χ0n) is 6.23. The largest absolute Gasteiger partial charge is 0.350 e. The van der Waals surface area contributed by atoms with E-state index in [2.05, 4.69) is 25.5 Å². The number of hydrogen-bond donors (Lipinski definition) is 2. The Morgan fingerprint density at radius 2 is 1.92 bits per heavy atom. The molecule has 0 unspecified atom stereocenters. The molecule has 0 radical (unpaired) electrons. The summed E-state index contributed by atoms with van der Waals surface area (Å²) in [4.78, 5) is 7.72. The lowest BCUT2D eigenvalue weighted by atomic mass is 10.5. The van der Waals surface area contributed by atoms with Gasteiger partial charge in [-0.1, -0.05) is 0 Å². The number of anilines is 2. The van der Waals surface area contributed by atoms with E-state index in [0.717, 1.165) is 11.4 Å². The summed E-state index contributed by atoms with van der Waals surface area (Å²) in [5, 5.41) is 9.55. The summed E-state index contributed by atoms with van der Waals surface area (Å²) in [5.74, 6) is 0. The molecule has 0 aromatic carbocycles. The average Bonchev–Trinajstić information content (AvgIpc) is 2.59. The van der Waals surface area contributed by atoms with E-state index in [0.29, 0.717) is 0 Å². The summed E-state index contributed by atoms with van der Waals surface area (Å²) in [6.45, 7) is 0. The third-order valence-corrected chi connectivity index (χ3v) is 1.35. The predicted molar refractivity (Wildman–Crippen MR) is 43.9 cm³/mol. The Morgan fingerprint density at radius 3 is 2.58 bits per heavy atom. The molecule has 0 saturated heterocycles. The summed E-state index contributed by atoms with van der Waals surface area (Å²) in [5.41, 5.74) is 1.74. The summed E-state index contributed by atoms with van der Waals surface area (Å²) in [6, 6.07) is 0. The Hall–Kier alpha value is -1.91. The summed E-state index contributed by atoms with van der Waals surface area (Å²) < 4.78 is 0. The van der Waals surface area contributed by atoms with Crippen LogP contribution in [0.25, 0.3) is 0 Å². The van der Waals surface area contributed by atoms with Crippen LogP contribution in [-0.2, 0) is 0 Å². The van der Waals surface area contributed by atoms with Crippen LogP contribution in [-0.4, -0.2) is 20.2 Å². The van der Waals surface area contributed by atoms with Crippen LogP contribution in [0, 0.1) is 0 Å². The molecule has 5 heteroatoms.